The van der Waals surface area contributed by atoms with Gasteiger partial charge in [0.05, 0.1) is 11.7 Å². The number of hydrogen-bond acceptors (Lipinski definition) is 3. The molecule has 0 spiro atoms. The van der Waals surface area contributed by atoms with Crippen LogP contribution in [0.5, 0.6) is 0 Å². The predicted molar refractivity (Wildman–Crippen MR) is 78.1 cm³/mol. The molecule has 1 amide bonds. The highest BCUT2D eigenvalue weighted by Crippen LogP contribution is 2.07. The van der Waals surface area contributed by atoms with Crippen molar-refractivity contribution in [1.82, 2.24) is 5.32 Å². The molecular weight excluding hydrogens is 266 g/mol. The van der Waals surface area contributed by atoms with Gasteiger partial charge in [-0.15, -0.1) is 0 Å². The van der Waals surface area contributed by atoms with Crippen LogP contribution in [0.3, 0.4) is 0 Å². The third-order valence-electron chi connectivity index (χ3n) is 2.89. The fraction of sp³-hybridized carbons (Fsp3) is 0.0588. The van der Waals surface area contributed by atoms with E-state index in [1.807, 2.05) is 13.0 Å². The van der Waals surface area contributed by atoms with Crippen molar-refractivity contribution < 1.29 is 14.7 Å². The zero-order valence-electron chi connectivity index (χ0n) is 11.5. The highest BCUT2D eigenvalue weighted by Gasteiger charge is 2.08. The number of aliphatic carboxylic acids is 1. The first-order valence-electron chi connectivity index (χ1n) is 6.42. The summed E-state index contributed by atoms with van der Waals surface area (Å²) in [5.74, 6) is -1.92. The van der Waals surface area contributed by atoms with Crippen LogP contribution >= 0.6 is 0 Å². The molecule has 0 aliphatic rings. The summed E-state index contributed by atoms with van der Waals surface area (Å²) in [4.78, 5) is 23.1. The quantitative estimate of drug-likeness (QED) is 0.863. The molecular formula is C17H14NO3-. The number of carbonyl (C=O) groups is 2. The average molecular weight is 280 g/mol. The summed E-state index contributed by atoms with van der Waals surface area (Å²) in [7, 11) is 0. The van der Waals surface area contributed by atoms with Gasteiger partial charge in [-0.3, -0.25) is 4.79 Å². The van der Waals surface area contributed by atoms with Crippen LogP contribution in [0.4, 0.5) is 0 Å². The van der Waals surface area contributed by atoms with Crippen molar-refractivity contribution >= 4 is 18.0 Å². The molecule has 0 saturated carbocycles. The van der Waals surface area contributed by atoms with E-state index in [2.05, 4.69) is 5.32 Å². The van der Waals surface area contributed by atoms with Crippen molar-refractivity contribution in [2.24, 2.45) is 0 Å². The first kappa shape index (κ1) is 14.5. The molecule has 0 heterocycles. The molecule has 21 heavy (non-hydrogen) atoms. The van der Waals surface area contributed by atoms with E-state index in [0.29, 0.717) is 11.1 Å². The minimum atomic E-state index is -1.43. The number of benzene rings is 2. The smallest absolute Gasteiger partial charge is 0.255 e. The fourth-order valence-corrected chi connectivity index (χ4v) is 1.76. The first-order chi connectivity index (χ1) is 10.1. The summed E-state index contributed by atoms with van der Waals surface area (Å²) in [6.07, 6.45) is 1.36. The molecule has 0 fully saturated rings. The van der Waals surface area contributed by atoms with Crippen LogP contribution in [0.15, 0.2) is 60.3 Å². The monoisotopic (exact) mass is 280 g/mol. The van der Waals surface area contributed by atoms with Gasteiger partial charge in [-0.25, -0.2) is 0 Å². The van der Waals surface area contributed by atoms with Crippen molar-refractivity contribution in [2.75, 3.05) is 0 Å². The van der Waals surface area contributed by atoms with E-state index in [4.69, 9.17) is 0 Å². The van der Waals surface area contributed by atoms with Gasteiger partial charge in [0.25, 0.3) is 5.91 Å². The number of carboxylic acid groups (broad SMARTS) is 1. The van der Waals surface area contributed by atoms with Crippen molar-refractivity contribution in [1.29, 1.82) is 0 Å². The van der Waals surface area contributed by atoms with E-state index >= 15 is 0 Å². The molecule has 4 heteroatoms. The second-order valence-electron chi connectivity index (χ2n) is 4.58. The van der Waals surface area contributed by atoms with Crippen LogP contribution in [-0.4, -0.2) is 11.9 Å². The molecule has 0 bridgehead atoms. The Morgan fingerprint density at radius 1 is 1.00 bits per heavy atom. The van der Waals surface area contributed by atoms with E-state index in [-0.39, 0.29) is 5.70 Å². The molecule has 2 aromatic carbocycles. The zero-order valence-corrected chi connectivity index (χ0v) is 11.5. The summed E-state index contributed by atoms with van der Waals surface area (Å²) in [5.41, 5.74) is 1.81. The zero-order chi connectivity index (χ0) is 15.2. The second kappa shape index (κ2) is 6.52. The largest absolute Gasteiger partial charge is 0.543 e. The highest BCUT2D eigenvalue weighted by molar-refractivity contribution is 6.02. The maximum absolute atomic E-state index is 12.0. The van der Waals surface area contributed by atoms with Gasteiger partial charge in [0.1, 0.15) is 0 Å². The van der Waals surface area contributed by atoms with Crippen molar-refractivity contribution in [3.05, 3.63) is 77.0 Å². The van der Waals surface area contributed by atoms with Crippen molar-refractivity contribution in [2.45, 2.75) is 6.92 Å². The second-order valence-corrected chi connectivity index (χ2v) is 4.58. The highest BCUT2D eigenvalue weighted by atomic mass is 16.4. The summed E-state index contributed by atoms with van der Waals surface area (Å²) in [6.45, 7) is 1.91. The SMILES string of the molecule is Cc1ccc(C(=O)NC(=Cc2ccccc2)C(=O)[O-])cc1. The third-order valence-corrected chi connectivity index (χ3v) is 2.89. The Hall–Kier alpha value is -2.88. The number of rotatable bonds is 4. The molecule has 4 nitrogen and oxygen atoms in total. The van der Waals surface area contributed by atoms with Crippen LogP contribution < -0.4 is 10.4 Å². The molecule has 0 radical (unpaired) electrons. The minimum absolute atomic E-state index is 0.272. The van der Waals surface area contributed by atoms with Gasteiger partial charge in [-0.2, -0.15) is 0 Å². The topological polar surface area (TPSA) is 69.2 Å². The molecule has 0 saturated heterocycles. The molecule has 1 N–H and O–H groups in total. The van der Waals surface area contributed by atoms with Crippen molar-refractivity contribution in [3.63, 3.8) is 0 Å². The van der Waals surface area contributed by atoms with Crippen LogP contribution in [-0.2, 0) is 4.79 Å². The lowest BCUT2D eigenvalue weighted by Gasteiger charge is -2.11. The Kier molecular flexibility index (Phi) is 4.51. The molecule has 0 aromatic heterocycles. The van der Waals surface area contributed by atoms with E-state index in [0.717, 1.165) is 5.56 Å². The molecule has 0 aliphatic heterocycles. The van der Waals surface area contributed by atoms with E-state index < -0.39 is 11.9 Å². The number of amides is 1. The molecule has 0 atom stereocenters. The Morgan fingerprint density at radius 2 is 1.62 bits per heavy atom. The molecule has 2 rings (SSSR count). The number of carboxylic acids is 1. The molecule has 2 aromatic rings. The number of carbonyl (C=O) groups excluding carboxylic acids is 2. The number of nitrogens with one attached hydrogen (secondary N) is 1. The Labute approximate surface area is 122 Å². The van der Waals surface area contributed by atoms with E-state index in [1.165, 1.54) is 6.08 Å². The van der Waals surface area contributed by atoms with Gasteiger partial charge >= 0.3 is 0 Å². The maximum atomic E-state index is 12.0. The van der Waals surface area contributed by atoms with E-state index in [9.17, 15) is 14.7 Å². The summed E-state index contributed by atoms with van der Waals surface area (Å²) in [6, 6.07) is 15.7. The van der Waals surface area contributed by atoms with Gasteiger partial charge in [0, 0.05) is 5.56 Å². The maximum Gasteiger partial charge on any atom is 0.255 e. The molecule has 0 aliphatic carbocycles. The lowest BCUT2D eigenvalue weighted by Crippen LogP contribution is -2.35. The number of aryl methyl sites for hydroxylation is 1. The predicted octanol–water partition coefficient (Wildman–Crippen LogP) is 1.52. The van der Waals surface area contributed by atoms with Crippen LogP contribution in [0.2, 0.25) is 0 Å². The van der Waals surface area contributed by atoms with Gasteiger partial charge in [-0.05, 0) is 30.7 Å². The Balaban J connectivity index is 2.21. The van der Waals surface area contributed by atoms with Crippen LogP contribution in [0.1, 0.15) is 21.5 Å². The lowest BCUT2D eigenvalue weighted by molar-refractivity contribution is -0.299. The van der Waals surface area contributed by atoms with Gasteiger partial charge in [0.2, 0.25) is 0 Å². The van der Waals surface area contributed by atoms with E-state index in [1.54, 1.807) is 48.5 Å². The fourth-order valence-electron chi connectivity index (χ4n) is 1.76. The van der Waals surface area contributed by atoms with Gasteiger partial charge in [-0.1, -0.05) is 48.0 Å². The minimum Gasteiger partial charge on any atom is -0.543 e. The third kappa shape index (κ3) is 4.04. The number of hydrogen-bond donors (Lipinski definition) is 1. The lowest BCUT2D eigenvalue weighted by atomic mass is 10.1. The Bertz CT molecular complexity index is 673. The molecule has 0 unspecified atom stereocenters. The first-order valence-corrected chi connectivity index (χ1v) is 6.42. The molecule has 106 valence electrons. The summed E-state index contributed by atoms with van der Waals surface area (Å²) in [5, 5.41) is 13.5. The van der Waals surface area contributed by atoms with Gasteiger partial charge in [0.15, 0.2) is 0 Å². The Morgan fingerprint density at radius 3 is 2.19 bits per heavy atom. The summed E-state index contributed by atoms with van der Waals surface area (Å²) >= 11 is 0. The van der Waals surface area contributed by atoms with Crippen LogP contribution in [0.25, 0.3) is 6.08 Å². The summed E-state index contributed by atoms with van der Waals surface area (Å²) < 4.78 is 0. The standard InChI is InChI=1S/C17H15NO3/c1-12-7-9-14(10-8-12)16(19)18-15(17(20)21)11-13-5-3-2-4-6-13/h2-11H,1H3,(H,18,19)(H,20,21)/p-1. The normalized spacial score (nSPS) is 11.0. The van der Waals surface area contributed by atoms with Crippen LogP contribution in [0, 0.1) is 6.92 Å². The van der Waals surface area contributed by atoms with Crippen molar-refractivity contribution in [3.8, 4) is 0 Å². The van der Waals surface area contributed by atoms with Gasteiger partial charge < -0.3 is 15.2 Å². The average Bonchev–Trinajstić information content (AvgIpc) is 2.48.